The summed E-state index contributed by atoms with van der Waals surface area (Å²) in [5.41, 5.74) is 13.7. The number of nitrogens with zero attached hydrogens (tertiary/aromatic N) is 2. The van der Waals surface area contributed by atoms with Gasteiger partial charge in [0.25, 0.3) is 0 Å². The Bertz CT molecular complexity index is 2790. The highest BCUT2D eigenvalue weighted by Gasteiger charge is 2.36. The van der Waals surface area contributed by atoms with Crippen molar-refractivity contribution < 1.29 is 0 Å². The molecule has 0 saturated heterocycles. The predicted octanol–water partition coefficient (Wildman–Crippen LogP) is 14.2. The standard InChI is InChI=1S/C51H42N2/c1-50(2,3)35-21-23-37(24-22-35)52(36-15-7-6-8-16-36)38-25-27-42-43-28-26-39(32-45(43)51(4,5)44(42)31-38)53-46-29-19-33-13-9-11-17-40(33)48(46)49-41-18-12-10-14-34(41)20-30-47(49)53/h6-32H,1-5H3. The Kier molecular flexibility index (Phi) is 6.82. The Hall–Kier alpha value is -6.12. The van der Waals surface area contributed by atoms with Crippen LogP contribution in [0, 0.1) is 0 Å². The normalized spacial score (nSPS) is 13.5. The van der Waals surface area contributed by atoms with Crippen molar-refractivity contribution in [2.24, 2.45) is 0 Å². The van der Waals surface area contributed by atoms with Crippen LogP contribution in [-0.4, -0.2) is 4.57 Å². The van der Waals surface area contributed by atoms with Gasteiger partial charge in [-0.3, -0.25) is 0 Å². The maximum Gasteiger partial charge on any atom is 0.0547 e. The Balaban J connectivity index is 1.14. The van der Waals surface area contributed by atoms with Gasteiger partial charge in [-0.15, -0.1) is 0 Å². The second-order valence-electron chi connectivity index (χ2n) is 16.2. The second kappa shape index (κ2) is 11.4. The van der Waals surface area contributed by atoms with Crippen molar-refractivity contribution in [1.82, 2.24) is 4.57 Å². The number of anilines is 3. The zero-order chi connectivity index (χ0) is 36.1. The van der Waals surface area contributed by atoms with E-state index >= 15 is 0 Å². The lowest BCUT2D eigenvalue weighted by Crippen LogP contribution is -2.17. The molecule has 0 saturated carbocycles. The van der Waals surface area contributed by atoms with E-state index in [4.69, 9.17) is 0 Å². The molecule has 8 aromatic carbocycles. The van der Waals surface area contributed by atoms with Gasteiger partial charge < -0.3 is 9.47 Å². The van der Waals surface area contributed by atoms with Crippen molar-refractivity contribution in [2.75, 3.05) is 4.90 Å². The van der Waals surface area contributed by atoms with Gasteiger partial charge in [0.1, 0.15) is 0 Å². The smallest absolute Gasteiger partial charge is 0.0547 e. The summed E-state index contributed by atoms with van der Waals surface area (Å²) < 4.78 is 2.49. The number of fused-ring (bicyclic) bond motifs is 10. The van der Waals surface area contributed by atoms with Gasteiger partial charge in [-0.05, 0) is 115 Å². The highest BCUT2D eigenvalue weighted by molar-refractivity contribution is 6.28. The Morgan fingerprint density at radius 1 is 0.472 bits per heavy atom. The van der Waals surface area contributed by atoms with Gasteiger partial charge in [-0.2, -0.15) is 0 Å². The molecular formula is C51H42N2. The van der Waals surface area contributed by atoms with E-state index in [-0.39, 0.29) is 10.8 Å². The average molecular weight is 683 g/mol. The van der Waals surface area contributed by atoms with Crippen LogP contribution >= 0.6 is 0 Å². The highest BCUT2D eigenvalue weighted by atomic mass is 15.1. The van der Waals surface area contributed by atoms with Crippen LogP contribution in [0.3, 0.4) is 0 Å². The van der Waals surface area contributed by atoms with Gasteiger partial charge in [-0.1, -0.05) is 138 Å². The van der Waals surface area contributed by atoms with Crippen molar-refractivity contribution >= 4 is 60.4 Å². The molecule has 10 rings (SSSR count). The zero-order valence-corrected chi connectivity index (χ0v) is 31.0. The Morgan fingerprint density at radius 3 is 1.58 bits per heavy atom. The third-order valence-corrected chi connectivity index (χ3v) is 11.7. The number of para-hydroxylation sites is 1. The lowest BCUT2D eigenvalue weighted by Gasteiger charge is -2.29. The zero-order valence-electron chi connectivity index (χ0n) is 31.0. The fourth-order valence-corrected chi connectivity index (χ4v) is 8.95. The largest absolute Gasteiger partial charge is 0.310 e. The number of rotatable bonds is 4. The third kappa shape index (κ3) is 4.78. The van der Waals surface area contributed by atoms with Crippen molar-refractivity contribution in [3.8, 4) is 16.8 Å². The maximum atomic E-state index is 2.49. The van der Waals surface area contributed by atoms with Crippen LogP contribution in [0.4, 0.5) is 17.1 Å². The molecule has 0 N–H and O–H groups in total. The minimum atomic E-state index is -0.201. The summed E-state index contributed by atoms with van der Waals surface area (Å²) in [4.78, 5) is 2.39. The fraction of sp³-hybridized carbons (Fsp3) is 0.137. The van der Waals surface area contributed by atoms with E-state index < -0.39 is 0 Å². The van der Waals surface area contributed by atoms with E-state index in [0.29, 0.717) is 0 Å². The lowest BCUT2D eigenvalue weighted by molar-refractivity contribution is 0.590. The molecule has 2 heteroatoms. The SMILES string of the molecule is CC(C)(C)c1ccc(N(c2ccccc2)c2ccc3c(c2)C(C)(C)c2cc(-n4c5ccc6ccccc6c5c5c6ccccc6ccc54)ccc2-3)cc1. The number of hydrogen-bond acceptors (Lipinski definition) is 1. The number of aromatic nitrogens is 1. The summed E-state index contributed by atoms with van der Waals surface area (Å²) in [7, 11) is 0. The molecule has 0 unspecified atom stereocenters. The van der Waals surface area contributed by atoms with Crippen molar-refractivity contribution in [2.45, 2.75) is 45.4 Å². The van der Waals surface area contributed by atoms with Crippen LogP contribution in [0.15, 0.2) is 164 Å². The summed E-state index contributed by atoms with van der Waals surface area (Å²) in [6, 6.07) is 60.9. The van der Waals surface area contributed by atoms with Gasteiger partial charge in [-0.25, -0.2) is 0 Å². The van der Waals surface area contributed by atoms with Gasteiger partial charge in [0, 0.05) is 38.9 Å². The van der Waals surface area contributed by atoms with Crippen LogP contribution in [0.1, 0.15) is 51.3 Å². The summed E-state index contributed by atoms with van der Waals surface area (Å²) in [5, 5.41) is 7.76. The van der Waals surface area contributed by atoms with E-state index in [1.165, 1.54) is 82.5 Å². The summed E-state index contributed by atoms with van der Waals surface area (Å²) in [6.45, 7) is 11.6. The first-order chi connectivity index (χ1) is 25.7. The first-order valence-corrected chi connectivity index (χ1v) is 18.8. The first-order valence-electron chi connectivity index (χ1n) is 18.8. The molecule has 0 fully saturated rings. The second-order valence-corrected chi connectivity index (χ2v) is 16.2. The van der Waals surface area contributed by atoms with Gasteiger partial charge >= 0.3 is 0 Å². The van der Waals surface area contributed by atoms with Crippen LogP contribution < -0.4 is 4.90 Å². The van der Waals surface area contributed by atoms with Gasteiger partial charge in [0.2, 0.25) is 0 Å². The monoisotopic (exact) mass is 682 g/mol. The van der Waals surface area contributed by atoms with E-state index in [1.807, 2.05) is 0 Å². The van der Waals surface area contributed by atoms with E-state index in [1.54, 1.807) is 0 Å². The molecule has 0 atom stereocenters. The Labute approximate surface area is 311 Å². The Morgan fingerprint density at radius 2 is 0.981 bits per heavy atom. The number of benzene rings is 8. The highest BCUT2D eigenvalue weighted by Crippen LogP contribution is 2.52. The van der Waals surface area contributed by atoms with E-state index in [9.17, 15) is 0 Å². The van der Waals surface area contributed by atoms with Gasteiger partial charge in [0.15, 0.2) is 0 Å². The molecule has 0 aliphatic heterocycles. The topological polar surface area (TPSA) is 8.17 Å². The maximum absolute atomic E-state index is 2.49. The molecule has 1 heterocycles. The van der Waals surface area contributed by atoms with Crippen molar-refractivity contribution in [3.05, 3.63) is 180 Å². The van der Waals surface area contributed by atoms with E-state index in [0.717, 1.165) is 11.4 Å². The van der Waals surface area contributed by atoms with E-state index in [2.05, 4.69) is 208 Å². The molecule has 0 radical (unpaired) electrons. The molecule has 1 aliphatic rings. The minimum absolute atomic E-state index is 0.0964. The molecule has 53 heavy (non-hydrogen) atoms. The quantitative estimate of drug-likeness (QED) is 0.179. The van der Waals surface area contributed by atoms with Crippen LogP contribution in [-0.2, 0) is 10.8 Å². The molecule has 0 amide bonds. The summed E-state index contributed by atoms with van der Waals surface area (Å²) >= 11 is 0. The van der Waals surface area contributed by atoms with Crippen LogP contribution in [0.2, 0.25) is 0 Å². The first kappa shape index (κ1) is 31.6. The average Bonchev–Trinajstić information content (AvgIpc) is 3.64. The molecule has 0 spiro atoms. The van der Waals surface area contributed by atoms with Gasteiger partial charge in [0.05, 0.1) is 11.0 Å². The van der Waals surface area contributed by atoms with Crippen molar-refractivity contribution in [3.63, 3.8) is 0 Å². The lowest BCUT2D eigenvalue weighted by atomic mass is 9.82. The molecule has 1 aromatic heterocycles. The number of hydrogen-bond donors (Lipinski definition) is 0. The molecule has 2 nitrogen and oxygen atoms in total. The summed E-state index contributed by atoms with van der Waals surface area (Å²) in [6.07, 6.45) is 0. The van der Waals surface area contributed by atoms with Crippen molar-refractivity contribution in [1.29, 1.82) is 0 Å². The molecular weight excluding hydrogens is 641 g/mol. The van der Waals surface area contributed by atoms with Crippen LogP contribution in [0.5, 0.6) is 0 Å². The molecule has 1 aliphatic carbocycles. The fourth-order valence-electron chi connectivity index (χ4n) is 8.95. The summed E-state index contributed by atoms with van der Waals surface area (Å²) in [5.74, 6) is 0. The molecule has 0 bridgehead atoms. The van der Waals surface area contributed by atoms with Crippen LogP contribution in [0.25, 0.3) is 60.2 Å². The molecule has 256 valence electrons. The predicted molar refractivity (Wildman–Crippen MR) is 227 cm³/mol. The third-order valence-electron chi connectivity index (χ3n) is 11.7. The minimum Gasteiger partial charge on any atom is -0.310 e. The molecule has 9 aromatic rings.